The smallest absolute Gasteiger partial charge is 0.306 e. The summed E-state index contributed by atoms with van der Waals surface area (Å²) in [6.45, 7) is 6.52. The summed E-state index contributed by atoms with van der Waals surface area (Å²) in [5.74, 6) is -0.993. The fourth-order valence-corrected chi connectivity index (χ4v) is 7.71. The molecule has 69 heavy (non-hydrogen) atoms. The van der Waals surface area contributed by atoms with Gasteiger partial charge in [0, 0.05) is 19.3 Å². The van der Waals surface area contributed by atoms with Crippen molar-refractivity contribution < 1.29 is 28.6 Å². The van der Waals surface area contributed by atoms with E-state index in [4.69, 9.17) is 14.2 Å². The van der Waals surface area contributed by atoms with E-state index in [1.54, 1.807) is 0 Å². The monoisotopic (exact) mass is 959 g/mol. The number of esters is 3. The van der Waals surface area contributed by atoms with E-state index in [2.05, 4.69) is 118 Å². The Balaban J connectivity index is 4.53. The van der Waals surface area contributed by atoms with Crippen LogP contribution in [-0.4, -0.2) is 37.2 Å². The lowest BCUT2D eigenvalue weighted by Gasteiger charge is -2.18. The molecular weight excluding hydrogens is 853 g/mol. The van der Waals surface area contributed by atoms with Crippen molar-refractivity contribution in [1.29, 1.82) is 0 Å². The molecule has 0 aliphatic carbocycles. The highest BCUT2D eigenvalue weighted by Gasteiger charge is 2.19. The lowest BCUT2D eigenvalue weighted by molar-refractivity contribution is -0.167. The average molecular weight is 960 g/mol. The Hall–Kier alpha value is -3.67. The van der Waals surface area contributed by atoms with Crippen molar-refractivity contribution in [3.8, 4) is 0 Å². The van der Waals surface area contributed by atoms with Gasteiger partial charge in [-0.05, 0) is 103 Å². The van der Waals surface area contributed by atoms with Crippen molar-refractivity contribution >= 4 is 17.9 Å². The molecule has 1 atom stereocenters. The van der Waals surface area contributed by atoms with Crippen LogP contribution >= 0.6 is 0 Å². The number of carbonyl (C=O) groups excluding carboxylic acids is 3. The molecule has 0 aromatic carbocycles. The third-order valence-corrected chi connectivity index (χ3v) is 12.1. The first kappa shape index (κ1) is 65.3. The normalized spacial score (nSPS) is 12.8. The number of unbranched alkanes of at least 4 members (excludes halogenated alkanes) is 24. The van der Waals surface area contributed by atoms with Gasteiger partial charge in [0.2, 0.25) is 0 Å². The van der Waals surface area contributed by atoms with Crippen LogP contribution in [-0.2, 0) is 28.6 Å². The standard InChI is InChI=1S/C63H106O6/c1-4-7-10-13-16-19-22-25-28-30-31-33-35-38-41-44-47-50-53-56-62(65)68-59-60(58-67-61(64)55-52-49-46-43-40-37-34-27-24-21-18-15-12-9-6-3)69-63(66)57-54-51-48-45-42-39-36-32-29-26-23-20-17-14-11-8-5-2/h16-17,19-20,25-26,28-29,31,33,36,38-39,41,45,48,60H,4-15,18,21-24,27,30,32,34-35,37,40,42-44,46-47,49-59H2,1-3H3/b19-16-,20-17-,28-25-,29-26-,33-31-,39-36-,41-38-,48-45-/t60-/m1/s1. The Bertz CT molecular complexity index is 1380. The molecule has 0 saturated heterocycles. The SMILES string of the molecule is CCCCC/C=C\C/C=C\C/C=C\C/C=C\CCCCCC(=O)OC[C@@H](COC(=O)CCCCCCCCCCCCCCCCC)OC(=O)CCC/C=C\C/C=C\C/C=C\C/C=C\CCCCC. The quantitative estimate of drug-likeness (QED) is 0.0262. The summed E-state index contributed by atoms with van der Waals surface area (Å²) in [7, 11) is 0. The Labute approximate surface area is 426 Å². The zero-order chi connectivity index (χ0) is 50.0. The summed E-state index contributed by atoms with van der Waals surface area (Å²) >= 11 is 0. The maximum absolute atomic E-state index is 12.8. The first-order valence-corrected chi connectivity index (χ1v) is 28.7. The Morgan fingerprint density at radius 1 is 0.290 bits per heavy atom. The second-order valence-electron chi connectivity index (χ2n) is 18.8. The third kappa shape index (κ3) is 55.1. The minimum absolute atomic E-state index is 0.108. The highest BCUT2D eigenvalue weighted by Crippen LogP contribution is 2.15. The van der Waals surface area contributed by atoms with Crippen molar-refractivity contribution in [3.63, 3.8) is 0 Å². The zero-order valence-corrected chi connectivity index (χ0v) is 45.0. The molecule has 0 aliphatic heterocycles. The first-order chi connectivity index (χ1) is 34.0. The van der Waals surface area contributed by atoms with Gasteiger partial charge < -0.3 is 14.2 Å². The molecular formula is C63H106O6. The Kier molecular flexibility index (Phi) is 53.9. The first-order valence-electron chi connectivity index (χ1n) is 28.7. The van der Waals surface area contributed by atoms with Crippen molar-refractivity contribution in [2.24, 2.45) is 0 Å². The largest absolute Gasteiger partial charge is 0.462 e. The lowest BCUT2D eigenvalue weighted by atomic mass is 10.0. The molecule has 0 aromatic heterocycles. The molecule has 0 N–H and O–H groups in total. The van der Waals surface area contributed by atoms with Crippen LogP contribution in [0.15, 0.2) is 97.2 Å². The van der Waals surface area contributed by atoms with E-state index in [-0.39, 0.29) is 37.5 Å². The summed E-state index contributed by atoms with van der Waals surface area (Å²) < 4.78 is 16.8. The number of hydrogen-bond acceptors (Lipinski definition) is 6. The minimum atomic E-state index is -0.819. The fourth-order valence-electron chi connectivity index (χ4n) is 7.71. The molecule has 0 radical (unpaired) electrons. The van der Waals surface area contributed by atoms with E-state index in [0.717, 1.165) is 89.9 Å². The van der Waals surface area contributed by atoms with E-state index < -0.39 is 6.10 Å². The topological polar surface area (TPSA) is 78.9 Å². The minimum Gasteiger partial charge on any atom is -0.462 e. The molecule has 0 spiro atoms. The van der Waals surface area contributed by atoms with E-state index in [1.165, 1.54) is 128 Å². The van der Waals surface area contributed by atoms with Gasteiger partial charge in [0.15, 0.2) is 6.10 Å². The summed E-state index contributed by atoms with van der Waals surface area (Å²) in [4.78, 5) is 38.1. The molecule has 0 aliphatic rings. The molecule has 6 heteroatoms. The zero-order valence-electron chi connectivity index (χ0n) is 45.0. The second kappa shape index (κ2) is 56.9. The Morgan fingerprint density at radius 2 is 0.536 bits per heavy atom. The molecule has 0 fully saturated rings. The van der Waals surface area contributed by atoms with Crippen LogP contribution in [0.4, 0.5) is 0 Å². The van der Waals surface area contributed by atoms with Crippen molar-refractivity contribution in [2.45, 2.75) is 271 Å². The van der Waals surface area contributed by atoms with E-state index >= 15 is 0 Å². The number of allylic oxidation sites excluding steroid dienone is 16. The third-order valence-electron chi connectivity index (χ3n) is 12.1. The maximum atomic E-state index is 12.8. The summed E-state index contributed by atoms with van der Waals surface area (Å²) in [6.07, 6.45) is 75.4. The van der Waals surface area contributed by atoms with Crippen molar-refractivity contribution in [3.05, 3.63) is 97.2 Å². The number of rotatable bonds is 51. The molecule has 0 heterocycles. The summed E-state index contributed by atoms with van der Waals surface area (Å²) in [5, 5.41) is 0. The van der Waals surface area contributed by atoms with Crippen molar-refractivity contribution in [1.82, 2.24) is 0 Å². The molecule has 0 bridgehead atoms. The van der Waals surface area contributed by atoms with Gasteiger partial charge in [0.1, 0.15) is 13.2 Å². The number of carbonyl (C=O) groups is 3. The highest BCUT2D eigenvalue weighted by atomic mass is 16.6. The van der Waals surface area contributed by atoms with E-state index in [9.17, 15) is 14.4 Å². The van der Waals surface area contributed by atoms with Gasteiger partial charge in [-0.15, -0.1) is 0 Å². The van der Waals surface area contributed by atoms with Gasteiger partial charge in [-0.1, -0.05) is 240 Å². The number of hydrogen-bond donors (Lipinski definition) is 0. The van der Waals surface area contributed by atoms with E-state index in [1.807, 2.05) is 0 Å². The van der Waals surface area contributed by atoms with Gasteiger partial charge >= 0.3 is 17.9 Å². The summed E-state index contributed by atoms with van der Waals surface area (Å²) in [6, 6.07) is 0. The fraction of sp³-hybridized carbons (Fsp3) is 0.698. The van der Waals surface area contributed by atoms with Crippen LogP contribution in [0.5, 0.6) is 0 Å². The molecule has 6 nitrogen and oxygen atoms in total. The number of ether oxygens (including phenoxy) is 3. The molecule has 0 rings (SSSR count). The van der Waals surface area contributed by atoms with Gasteiger partial charge in [0.25, 0.3) is 0 Å². The predicted octanol–water partition coefficient (Wildman–Crippen LogP) is 19.3. The highest BCUT2D eigenvalue weighted by molar-refractivity contribution is 5.71. The average Bonchev–Trinajstić information content (AvgIpc) is 3.35. The molecule has 0 saturated carbocycles. The maximum Gasteiger partial charge on any atom is 0.306 e. The van der Waals surface area contributed by atoms with Gasteiger partial charge in [-0.3, -0.25) is 14.4 Å². The molecule has 394 valence electrons. The molecule has 0 amide bonds. The Morgan fingerprint density at radius 3 is 0.884 bits per heavy atom. The van der Waals surface area contributed by atoms with E-state index in [0.29, 0.717) is 19.3 Å². The van der Waals surface area contributed by atoms with Gasteiger partial charge in [0.05, 0.1) is 0 Å². The van der Waals surface area contributed by atoms with Crippen LogP contribution in [0.2, 0.25) is 0 Å². The van der Waals surface area contributed by atoms with Crippen LogP contribution in [0, 0.1) is 0 Å². The lowest BCUT2D eigenvalue weighted by Crippen LogP contribution is -2.30. The van der Waals surface area contributed by atoms with Crippen LogP contribution in [0.25, 0.3) is 0 Å². The predicted molar refractivity (Wildman–Crippen MR) is 297 cm³/mol. The van der Waals surface area contributed by atoms with Gasteiger partial charge in [-0.2, -0.15) is 0 Å². The second-order valence-corrected chi connectivity index (χ2v) is 18.8. The van der Waals surface area contributed by atoms with Crippen molar-refractivity contribution in [2.75, 3.05) is 13.2 Å². The molecule has 0 unspecified atom stereocenters. The van der Waals surface area contributed by atoms with Gasteiger partial charge in [-0.25, -0.2) is 0 Å². The summed E-state index contributed by atoms with van der Waals surface area (Å²) in [5.41, 5.74) is 0. The van der Waals surface area contributed by atoms with Crippen LogP contribution in [0.1, 0.15) is 265 Å². The van der Waals surface area contributed by atoms with Crippen LogP contribution < -0.4 is 0 Å². The van der Waals surface area contributed by atoms with Crippen LogP contribution in [0.3, 0.4) is 0 Å². The molecule has 0 aromatic rings.